The summed E-state index contributed by atoms with van der Waals surface area (Å²) >= 11 is 7.27. The zero-order valence-electron chi connectivity index (χ0n) is 20.3. The van der Waals surface area contributed by atoms with E-state index in [0.29, 0.717) is 0 Å². The van der Waals surface area contributed by atoms with E-state index >= 15 is 0 Å². The fourth-order valence-corrected chi connectivity index (χ4v) is 7.14. The van der Waals surface area contributed by atoms with Crippen LogP contribution in [0.1, 0.15) is 20.9 Å². The summed E-state index contributed by atoms with van der Waals surface area (Å²) in [5.41, 5.74) is 2.74. The maximum atomic E-state index is 4.77. The van der Waals surface area contributed by atoms with E-state index in [0.717, 1.165) is 74.4 Å². The third kappa shape index (κ3) is 7.84. The number of thiophene rings is 2. The van der Waals surface area contributed by atoms with Crippen LogP contribution in [0.15, 0.2) is 69.3 Å². The number of rotatable bonds is 10. The van der Waals surface area contributed by atoms with Gasteiger partial charge in [0.25, 0.3) is 0 Å². The number of hydrogen-bond donors (Lipinski definition) is 2. The minimum atomic E-state index is 0.772. The molecule has 4 heterocycles. The average Bonchev–Trinajstić information content (AvgIpc) is 3.65. The molecule has 5 rings (SSSR count). The topological polar surface area (TPSA) is 55.3 Å². The van der Waals surface area contributed by atoms with E-state index in [4.69, 9.17) is 9.98 Å². The lowest BCUT2D eigenvalue weighted by atomic mass is 10.1. The first-order valence-electron chi connectivity index (χ1n) is 12.2. The van der Waals surface area contributed by atoms with Crippen LogP contribution in [0.2, 0.25) is 0 Å². The number of hydrogen-bond acceptors (Lipinski definition) is 10. The summed E-state index contributed by atoms with van der Waals surface area (Å²) in [6.45, 7) is 5.36. The Morgan fingerprint density at radius 2 is 1.19 bits per heavy atom. The van der Waals surface area contributed by atoms with Crippen molar-refractivity contribution in [2.45, 2.75) is 24.3 Å². The molecule has 190 valence electrons. The molecule has 1 aromatic carbocycles. The smallest absolute Gasteiger partial charge is 0.159 e. The molecule has 0 aliphatic carbocycles. The van der Waals surface area contributed by atoms with Crippen molar-refractivity contribution in [1.29, 1.82) is 0 Å². The number of thioether (sulfide) groups is 2. The molecular formula is C26H32N6S4. The molecule has 0 amide bonds. The zero-order chi connectivity index (χ0) is 24.4. The first kappa shape index (κ1) is 25.8. The largest absolute Gasteiger partial charge is 0.352 e. The Balaban J connectivity index is 1.04. The standard InChI is InChI=1S/C26H32N6S4/c1-2-6-22(16-36-26-29-19-32(20-30-26)12-10-24-8-4-14-34-24)21(5-1)15-35-25-27-17-31(18-28-25)11-9-23-7-3-13-33-23/h1-8,13-14H,9-12,15-20H2,(H,27,28)(H,29,30). The number of nitrogens with zero attached hydrogens (tertiary/aromatic N) is 4. The highest BCUT2D eigenvalue weighted by atomic mass is 32.2. The number of amidine groups is 2. The number of nitrogens with one attached hydrogen (secondary N) is 2. The van der Waals surface area contributed by atoms with Gasteiger partial charge in [-0.05, 0) is 46.9 Å². The highest BCUT2D eigenvalue weighted by Crippen LogP contribution is 2.23. The van der Waals surface area contributed by atoms with Crippen LogP contribution in [-0.2, 0) is 24.3 Å². The summed E-state index contributed by atoms with van der Waals surface area (Å²) in [5.74, 6) is 1.85. The van der Waals surface area contributed by atoms with Crippen molar-refractivity contribution in [2.75, 3.05) is 39.8 Å². The van der Waals surface area contributed by atoms with Gasteiger partial charge in [0.2, 0.25) is 0 Å². The molecule has 3 aromatic rings. The molecule has 0 radical (unpaired) electrons. The predicted molar refractivity (Wildman–Crippen MR) is 159 cm³/mol. The normalized spacial score (nSPS) is 16.8. The summed E-state index contributed by atoms with van der Waals surface area (Å²) in [6.07, 6.45) is 2.19. The van der Waals surface area contributed by atoms with Crippen molar-refractivity contribution in [1.82, 2.24) is 20.4 Å². The Morgan fingerprint density at radius 1 is 0.694 bits per heavy atom. The van der Waals surface area contributed by atoms with Gasteiger partial charge in [-0.1, -0.05) is 59.9 Å². The Bertz CT molecular complexity index is 1040. The molecule has 36 heavy (non-hydrogen) atoms. The molecule has 6 nitrogen and oxygen atoms in total. The van der Waals surface area contributed by atoms with Gasteiger partial charge in [-0.25, -0.2) is 9.98 Å². The summed E-state index contributed by atoms with van der Waals surface area (Å²) in [5, 5.41) is 13.4. The Labute approximate surface area is 230 Å². The van der Waals surface area contributed by atoms with Gasteiger partial charge >= 0.3 is 0 Å². The fraction of sp³-hybridized carbons (Fsp3) is 0.385. The molecule has 10 heteroatoms. The van der Waals surface area contributed by atoms with Crippen LogP contribution in [0.3, 0.4) is 0 Å². The second kappa shape index (κ2) is 13.6. The van der Waals surface area contributed by atoms with Crippen molar-refractivity contribution < 1.29 is 0 Å². The highest BCUT2D eigenvalue weighted by molar-refractivity contribution is 8.13. The van der Waals surface area contributed by atoms with E-state index < -0.39 is 0 Å². The van der Waals surface area contributed by atoms with E-state index in [-0.39, 0.29) is 0 Å². The van der Waals surface area contributed by atoms with Crippen molar-refractivity contribution in [3.63, 3.8) is 0 Å². The van der Waals surface area contributed by atoms with Crippen LogP contribution in [0.5, 0.6) is 0 Å². The molecule has 0 atom stereocenters. The van der Waals surface area contributed by atoms with Gasteiger partial charge in [0.15, 0.2) is 10.3 Å². The molecule has 0 spiro atoms. The summed E-state index contributed by atoms with van der Waals surface area (Å²) < 4.78 is 0. The van der Waals surface area contributed by atoms with Gasteiger partial charge in [-0.2, -0.15) is 0 Å². The molecule has 2 N–H and O–H groups in total. The fourth-order valence-electron chi connectivity index (χ4n) is 3.97. The minimum Gasteiger partial charge on any atom is -0.352 e. The lowest BCUT2D eigenvalue weighted by Crippen LogP contribution is -2.42. The van der Waals surface area contributed by atoms with Crippen molar-refractivity contribution in [2.24, 2.45) is 9.98 Å². The Kier molecular flexibility index (Phi) is 9.78. The minimum absolute atomic E-state index is 0.772. The van der Waals surface area contributed by atoms with Gasteiger partial charge in [0, 0.05) is 34.3 Å². The van der Waals surface area contributed by atoms with Gasteiger partial charge in [-0.15, -0.1) is 22.7 Å². The van der Waals surface area contributed by atoms with E-state index in [1.54, 1.807) is 23.5 Å². The second-order valence-electron chi connectivity index (χ2n) is 8.67. The van der Waals surface area contributed by atoms with E-state index in [9.17, 15) is 0 Å². The first-order valence-corrected chi connectivity index (χ1v) is 15.9. The van der Waals surface area contributed by atoms with Crippen LogP contribution in [-0.4, -0.2) is 59.9 Å². The third-order valence-electron chi connectivity index (χ3n) is 6.09. The Morgan fingerprint density at radius 3 is 1.58 bits per heavy atom. The molecule has 0 bridgehead atoms. The van der Waals surface area contributed by atoms with Crippen LogP contribution >= 0.6 is 46.2 Å². The van der Waals surface area contributed by atoms with Gasteiger partial charge < -0.3 is 10.6 Å². The number of aliphatic imine (C=N–C) groups is 2. The number of benzene rings is 1. The lowest BCUT2D eigenvalue weighted by Gasteiger charge is -2.26. The Hall–Kier alpha value is -1.82. The zero-order valence-corrected chi connectivity index (χ0v) is 23.5. The monoisotopic (exact) mass is 556 g/mol. The van der Waals surface area contributed by atoms with Crippen LogP contribution in [0.25, 0.3) is 0 Å². The van der Waals surface area contributed by atoms with E-state index in [1.807, 2.05) is 22.7 Å². The summed E-state index contributed by atoms with van der Waals surface area (Å²) in [6, 6.07) is 17.4. The third-order valence-corrected chi connectivity index (χ3v) is 9.97. The molecule has 0 unspecified atom stereocenters. The lowest BCUT2D eigenvalue weighted by molar-refractivity contribution is 0.271. The quantitative estimate of drug-likeness (QED) is 0.362. The molecule has 2 aliphatic rings. The first-order chi connectivity index (χ1) is 17.8. The summed E-state index contributed by atoms with van der Waals surface area (Å²) in [4.78, 5) is 17.1. The average molecular weight is 557 g/mol. The van der Waals surface area contributed by atoms with Gasteiger partial charge in [0.05, 0.1) is 26.7 Å². The SMILES string of the molecule is c1csc(CCN2CN=C(SCc3ccccc3CSC3=NCN(CCc4cccs4)CN3)NC2)c1. The summed E-state index contributed by atoms with van der Waals surface area (Å²) in [7, 11) is 0. The van der Waals surface area contributed by atoms with Crippen molar-refractivity contribution in [3.8, 4) is 0 Å². The predicted octanol–water partition coefficient (Wildman–Crippen LogP) is 5.11. The molecular weight excluding hydrogens is 525 g/mol. The van der Waals surface area contributed by atoms with E-state index in [1.165, 1.54) is 20.9 Å². The van der Waals surface area contributed by atoms with Crippen LogP contribution in [0.4, 0.5) is 0 Å². The maximum absolute atomic E-state index is 4.77. The molecule has 2 aromatic heterocycles. The highest BCUT2D eigenvalue weighted by Gasteiger charge is 2.15. The van der Waals surface area contributed by atoms with Gasteiger partial charge in [-0.3, -0.25) is 9.80 Å². The van der Waals surface area contributed by atoms with Gasteiger partial charge in [0.1, 0.15) is 0 Å². The van der Waals surface area contributed by atoms with Crippen LogP contribution < -0.4 is 10.6 Å². The second-order valence-corrected chi connectivity index (χ2v) is 12.7. The molecule has 2 aliphatic heterocycles. The maximum Gasteiger partial charge on any atom is 0.159 e. The molecule has 0 fully saturated rings. The molecule has 0 saturated heterocycles. The molecule has 0 saturated carbocycles. The van der Waals surface area contributed by atoms with Crippen molar-refractivity contribution >= 4 is 56.5 Å². The van der Waals surface area contributed by atoms with E-state index in [2.05, 4.69) is 79.7 Å². The van der Waals surface area contributed by atoms with Crippen molar-refractivity contribution in [3.05, 3.63) is 80.2 Å². The van der Waals surface area contributed by atoms with Crippen LogP contribution in [0, 0.1) is 0 Å².